The summed E-state index contributed by atoms with van der Waals surface area (Å²) in [5.41, 5.74) is -1.26. The van der Waals surface area contributed by atoms with Crippen LogP contribution in [0.4, 0.5) is 13.2 Å². The number of carbonyl (C=O) groups is 1. The van der Waals surface area contributed by atoms with Crippen LogP contribution in [0.15, 0.2) is 24.3 Å². The van der Waals surface area contributed by atoms with Gasteiger partial charge in [-0.05, 0) is 31.4 Å². The van der Waals surface area contributed by atoms with Crippen molar-refractivity contribution in [1.82, 2.24) is 0 Å². The molecular weight excluding hydrogens is 295 g/mol. The third kappa shape index (κ3) is 2.80. The lowest BCUT2D eigenvalue weighted by Gasteiger charge is -2.44. The highest BCUT2D eigenvalue weighted by Gasteiger charge is 2.50. The van der Waals surface area contributed by atoms with E-state index < -0.39 is 29.0 Å². The van der Waals surface area contributed by atoms with Gasteiger partial charge in [-0.15, -0.1) is 0 Å². The molecule has 1 saturated carbocycles. The van der Waals surface area contributed by atoms with E-state index in [-0.39, 0.29) is 6.61 Å². The van der Waals surface area contributed by atoms with Crippen molar-refractivity contribution >= 4 is 5.97 Å². The molecule has 1 unspecified atom stereocenters. The molecule has 0 radical (unpaired) electrons. The standard InChI is InChI=1S/C16H16F3NO2/c1-2-22-14(21)13(10-20)15(7-4-8-15)11-5-3-6-12(9-11)16(17,18)19/h3,5-6,9,13H,2,4,7-8H2,1H3. The zero-order chi connectivity index (χ0) is 16.4. The highest BCUT2D eigenvalue weighted by atomic mass is 19.4. The average molecular weight is 311 g/mol. The maximum absolute atomic E-state index is 12.9. The summed E-state index contributed by atoms with van der Waals surface area (Å²) < 4.78 is 43.6. The van der Waals surface area contributed by atoms with Crippen LogP contribution in [0.3, 0.4) is 0 Å². The van der Waals surface area contributed by atoms with Crippen LogP contribution in [0.2, 0.25) is 0 Å². The van der Waals surface area contributed by atoms with Crippen LogP contribution in [0.25, 0.3) is 0 Å². The molecule has 0 aliphatic heterocycles. The van der Waals surface area contributed by atoms with Crippen LogP contribution in [-0.2, 0) is 21.1 Å². The molecule has 1 aliphatic carbocycles. The van der Waals surface area contributed by atoms with Crippen molar-refractivity contribution in [1.29, 1.82) is 5.26 Å². The third-order valence-electron chi connectivity index (χ3n) is 4.21. The highest BCUT2D eigenvalue weighted by molar-refractivity contribution is 5.78. The molecular formula is C16H16F3NO2. The van der Waals surface area contributed by atoms with Crippen molar-refractivity contribution in [3.63, 3.8) is 0 Å². The zero-order valence-corrected chi connectivity index (χ0v) is 12.1. The minimum Gasteiger partial charge on any atom is -0.465 e. The Morgan fingerprint density at radius 1 is 1.45 bits per heavy atom. The van der Waals surface area contributed by atoms with Crippen molar-refractivity contribution in [3.8, 4) is 6.07 Å². The highest BCUT2D eigenvalue weighted by Crippen LogP contribution is 2.50. The monoisotopic (exact) mass is 311 g/mol. The second-order valence-corrected chi connectivity index (χ2v) is 5.40. The molecule has 1 aromatic rings. The van der Waals surface area contributed by atoms with Crippen LogP contribution in [-0.4, -0.2) is 12.6 Å². The molecule has 0 heterocycles. The van der Waals surface area contributed by atoms with Crippen LogP contribution < -0.4 is 0 Å². The Kier molecular flexibility index (Phi) is 4.45. The number of benzene rings is 1. The van der Waals surface area contributed by atoms with Crippen molar-refractivity contribution in [2.45, 2.75) is 37.8 Å². The third-order valence-corrected chi connectivity index (χ3v) is 4.21. The van der Waals surface area contributed by atoms with E-state index in [0.29, 0.717) is 18.4 Å². The van der Waals surface area contributed by atoms with Gasteiger partial charge in [-0.1, -0.05) is 24.6 Å². The van der Waals surface area contributed by atoms with Gasteiger partial charge in [0.05, 0.1) is 18.2 Å². The maximum atomic E-state index is 12.9. The molecule has 1 fully saturated rings. The van der Waals surface area contributed by atoms with Crippen LogP contribution >= 0.6 is 0 Å². The molecule has 1 aliphatic rings. The summed E-state index contributed by atoms with van der Waals surface area (Å²) in [5, 5.41) is 9.34. The topological polar surface area (TPSA) is 50.1 Å². The number of hydrogen-bond acceptors (Lipinski definition) is 3. The van der Waals surface area contributed by atoms with Gasteiger partial charge in [0.15, 0.2) is 5.92 Å². The molecule has 6 heteroatoms. The average Bonchev–Trinajstić information content (AvgIpc) is 2.42. The second kappa shape index (κ2) is 5.99. The maximum Gasteiger partial charge on any atom is 0.416 e. The summed E-state index contributed by atoms with van der Waals surface area (Å²) in [4.78, 5) is 12.0. The van der Waals surface area contributed by atoms with E-state index in [1.807, 2.05) is 6.07 Å². The van der Waals surface area contributed by atoms with E-state index in [4.69, 9.17) is 4.74 Å². The van der Waals surface area contributed by atoms with Gasteiger partial charge >= 0.3 is 12.1 Å². The number of nitriles is 1. The van der Waals surface area contributed by atoms with Gasteiger partial charge in [0.1, 0.15) is 0 Å². The normalized spacial score (nSPS) is 18.0. The Hall–Kier alpha value is -2.03. The molecule has 1 atom stereocenters. The Labute approximate surface area is 126 Å². The lowest BCUT2D eigenvalue weighted by atomic mass is 9.57. The Balaban J connectivity index is 2.43. The van der Waals surface area contributed by atoms with Crippen molar-refractivity contribution in [2.24, 2.45) is 5.92 Å². The number of alkyl halides is 3. The molecule has 0 N–H and O–H groups in total. The smallest absolute Gasteiger partial charge is 0.416 e. The van der Waals surface area contributed by atoms with Crippen LogP contribution in [0.1, 0.15) is 37.3 Å². The van der Waals surface area contributed by atoms with Crippen molar-refractivity contribution in [2.75, 3.05) is 6.61 Å². The van der Waals surface area contributed by atoms with Gasteiger partial charge in [0.25, 0.3) is 0 Å². The van der Waals surface area contributed by atoms with Gasteiger partial charge in [0, 0.05) is 5.41 Å². The van der Waals surface area contributed by atoms with E-state index in [0.717, 1.165) is 18.6 Å². The van der Waals surface area contributed by atoms with Gasteiger partial charge < -0.3 is 4.74 Å². The fourth-order valence-corrected chi connectivity index (χ4v) is 2.93. The summed E-state index contributed by atoms with van der Waals surface area (Å²) in [6, 6.07) is 6.83. The van der Waals surface area contributed by atoms with E-state index in [2.05, 4.69) is 0 Å². The van der Waals surface area contributed by atoms with Gasteiger partial charge in [-0.2, -0.15) is 18.4 Å². The zero-order valence-electron chi connectivity index (χ0n) is 12.1. The predicted octanol–water partition coefficient (Wildman–Crippen LogP) is 3.83. The second-order valence-electron chi connectivity index (χ2n) is 5.40. The first kappa shape index (κ1) is 16.3. The molecule has 22 heavy (non-hydrogen) atoms. The first-order valence-electron chi connectivity index (χ1n) is 7.09. The van der Waals surface area contributed by atoms with Gasteiger partial charge in [-0.3, -0.25) is 4.79 Å². The fourth-order valence-electron chi connectivity index (χ4n) is 2.93. The number of carbonyl (C=O) groups excluding carboxylic acids is 1. The number of esters is 1. The van der Waals surface area contributed by atoms with E-state index in [9.17, 15) is 23.2 Å². The van der Waals surface area contributed by atoms with Gasteiger partial charge in [-0.25, -0.2) is 0 Å². The lowest BCUT2D eigenvalue weighted by molar-refractivity contribution is -0.149. The molecule has 118 valence electrons. The predicted molar refractivity (Wildman–Crippen MR) is 72.7 cm³/mol. The minimum absolute atomic E-state index is 0.135. The quantitative estimate of drug-likeness (QED) is 0.794. The molecule has 3 nitrogen and oxygen atoms in total. The minimum atomic E-state index is -4.45. The van der Waals surface area contributed by atoms with E-state index in [1.165, 1.54) is 6.07 Å². The molecule has 0 aromatic heterocycles. The number of nitrogens with zero attached hydrogens (tertiary/aromatic N) is 1. The Morgan fingerprint density at radius 2 is 2.14 bits per heavy atom. The Morgan fingerprint density at radius 3 is 2.59 bits per heavy atom. The number of halogens is 3. The molecule has 0 spiro atoms. The first-order valence-corrected chi connectivity index (χ1v) is 7.09. The summed E-state index contributed by atoms with van der Waals surface area (Å²) in [7, 11) is 0. The number of rotatable bonds is 4. The lowest BCUT2D eigenvalue weighted by Crippen LogP contribution is -2.45. The van der Waals surface area contributed by atoms with Crippen molar-refractivity contribution in [3.05, 3.63) is 35.4 Å². The molecule has 1 aromatic carbocycles. The summed E-state index contributed by atoms with van der Waals surface area (Å²) in [5.74, 6) is -1.74. The molecule has 2 rings (SSSR count). The largest absolute Gasteiger partial charge is 0.465 e. The van der Waals surface area contributed by atoms with Crippen LogP contribution in [0, 0.1) is 17.2 Å². The Bertz CT molecular complexity index is 600. The van der Waals surface area contributed by atoms with E-state index in [1.54, 1.807) is 13.0 Å². The SMILES string of the molecule is CCOC(=O)C(C#N)C1(c2cccc(C(F)(F)F)c2)CCC1. The van der Waals surface area contributed by atoms with Gasteiger partial charge in [0.2, 0.25) is 0 Å². The number of ether oxygens (including phenoxy) is 1. The first-order chi connectivity index (χ1) is 10.3. The molecule has 0 bridgehead atoms. The van der Waals surface area contributed by atoms with E-state index >= 15 is 0 Å². The summed E-state index contributed by atoms with van der Waals surface area (Å²) >= 11 is 0. The summed E-state index contributed by atoms with van der Waals surface area (Å²) in [6.07, 6.45) is -2.67. The molecule has 0 saturated heterocycles. The molecule has 0 amide bonds. The fraction of sp³-hybridized carbons (Fsp3) is 0.500. The van der Waals surface area contributed by atoms with Crippen molar-refractivity contribution < 1.29 is 22.7 Å². The number of hydrogen-bond donors (Lipinski definition) is 0. The summed E-state index contributed by atoms with van der Waals surface area (Å²) in [6.45, 7) is 1.76. The van der Waals surface area contributed by atoms with Crippen LogP contribution in [0.5, 0.6) is 0 Å².